The Morgan fingerprint density at radius 3 is 2.36 bits per heavy atom. The van der Waals surface area contributed by atoms with Gasteiger partial charge in [0, 0.05) is 5.56 Å². The summed E-state index contributed by atoms with van der Waals surface area (Å²) in [5, 5.41) is 8.58. The highest BCUT2D eigenvalue weighted by atomic mass is 19.3. The van der Waals surface area contributed by atoms with Crippen LogP contribution in [0.4, 0.5) is 8.78 Å². The summed E-state index contributed by atoms with van der Waals surface area (Å²) in [6.45, 7) is -3.38. The molecule has 0 atom stereocenters. The van der Waals surface area contributed by atoms with Crippen molar-refractivity contribution in [2.75, 3.05) is 6.61 Å². The van der Waals surface area contributed by atoms with Crippen LogP contribution in [0.15, 0.2) is 59.2 Å². The number of carboxylic acids is 1. The molecule has 0 saturated carbocycles. The number of rotatable bonds is 7. The molecule has 0 bridgehead atoms. The van der Waals surface area contributed by atoms with Gasteiger partial charge in [-0.15, -0.1) is 0 Å². The molecular weight excluding hydrogens is 376 g/mol. The Kier molecular flexibility index (Phi) is 5.64. The fourth-order valence-corrected chi connectivity index (χ4v) is 2.27. The quantitative estimate of drug-likeness (QED) is 0.578. The molecule has 0 radical (unpaired) electrons. The number of halogens is 2. The lowest BCUT2D eigenvalue weighted by atomic mass is 10.2. The number of benzene rings is 2. The summed E-state index contributed by atoms with van der Waals surface area (Å²) in [7, 11) is 0. The summed E-state index contributed by atoms with van der Waals surface area (Å²) in [6.07, 6.45) is 1.49. The Bertz CT molecular complexity index is 936. The van der Waals surface area contributed by atoms with Crippen LogP contribution in [0.2, 0.25) is 0 Å². The molecule has 1 aliphatic heterocycles. The Balaban J connectivity index is 1.73. The molecule has 144 valence electrons. The first-order valence-electron chi connectivity index (χ1n) is 7.93. The molecule has 3 rings (SSSR count). The normalized spacial score (nSPS) is 14.8. The lowest BCUT2D eigenvalue weighted by Gasteiger charge is -2.04. The molecule has 7 nitrogen and oxygen atoms in total. The van der Waals surface area contributed by atoms with Gasteiger partial charge in [0.05, 0.1) is 0 Å². The van der Waals surface area contributed by atoms with Crippen molar-refractivity contribution in [1.29, 1.82) is 0 Å². The van der Waals surface area contributed by atoms with Crippen molar-refractivity contribution in [2.24, 2.45) is 4.99 Å². The topological polar surface area (TPSA) is 94.4 Å². The first-order chi connectivity index (χ1) is 13.4. The maximum Gasteiger partial charge on any atom is 0.387 e. The van der Waals surface area contributed by atoms with Crippen LogP contribution in [0, 0.1) is 0 Å². The van der Waals surface area contributed by atoms with Gasteiger partial charge in [-0.25, -0.2) is 14.6 Å². The maximum absolute atomic E-state index is 12.2. The number of hydrogen-bond acceptors (Lipinski definition) is 6. The van der Waals surface area contributed by atoms with E-state index in [9.17, 15) is 18.4 Å². The lowest BCUT2D eigenvalue weighted by molar-refractivity contribution is -0.139. The zero-order chi connectivity index (χ0) is 20.1. The average Bonchev–Trinajstić information content (AvgIpc) is 3.02. The fourth-order valence-electron chi connectivity index (χ4n) is 2.27. The third-order valence-electron chi connectivity index (χ3n) is 3.49. The van der Waals surface area contributed by atoms with E-state index in [1.54, 1.807) is 24.3 Å². The van der Waals surface area contributed by atoms with Crippen molar-refractivity contribution < 1.29 is 37.7 Å². The number of carbonyl (C=O) groups is 2. The number of cyclic esters (lactones) is 1. The third kappa shape index (κ3) is 4.91. The lowest BCUT2D eigenvalue weighted by Crippen LogP contribution is -2.09. The minimum atomic E-state index is -2.93. The molecule has 0 amide bonds. The summed E-state index contributed by atoms with van der Waals surface area (Å²) in [5.41, 5.74) is 1.11. The molecular formula is C19H13F2NO6. The van der Waals surface area contributed by atoms with Gasteiger partial charge in [0.15, 0.2) is 12.3 Å². The van der Waals surface area contributed by atoms with Gasteiger partial charge in [0.25, 0.3) is 0 Å². The molecule has 0 saturated heterocycles. The second-order valence-electron chi connectivity index (χ2n) is 5.49. The first kappa shape index (κ1) is 19.0. The van der Waals surface area contributed by atoms with Gasteiger partial charge in [-0.05, 0) is 48.0 Å². The fraction of sp³-hybridized carbons (Fsp3) is 0.105. The molecule has 2 aromatic rings. The van der Waals surface area contributed by atoms with E-state index in [-0.39, 0.29) is 17.3 Å². The highest BCUT2D eigenvalue weighted by Crippen LogP contribution is 2.22. The minimum absolute atomic E-state index is 0.0235. The molecule has 0 aromatic heterocycles. The van der Waals surface area contributed by atoms with Gasteiger partial charge < -0.3 is 19.3 Å². The van der Waals surface area contributed by atoms with Gasteiger partial charge in [-0.3, -0.25) is 0 Å². The van der Waals surface area contributed by atoms with Crippen molar-refractivity contribution >= 4 is 23.9 Å². The number of carboxylic acid groups (broad SMARTS) is 1. The second kappa shape index (κ2) is 8.30. The number of hydrogen-bond donors (Lipinski definition) is 1. The van der Waals surface area contributed by atoms with E-state index >= 15 is 0 Å². The molecule has 1 heterocycles. The number of nitrogens with zero attached hydrogens (tertiary/aromatic N) is 1. The van der Waals surface area contributed by atoms with Gasteiger partial charge in [0.1, 0.15) is 11.5 Å². The van der Waals surface area contributed by atoms with Gasteiger partial charge in [-0.2, -0.15) is 8.78 Å². The van der Waals surface area contributed by atoms with Crippen LogP contribution in [0.25, 0.3) is 6.08 Å². The summed E-state index contributed by atoms with van der Waals surface area (Å²) in [5.74, 6) is -1.36. The Morgan fingerprint density at radius 1 is 1.11 bits per heavy atom. The average molecular weight is 389 g/mol. The predicted molar refractivity (Wildman–Crippen MR) is 93.3 cm³/mol. The Morgan fingerprint density at radius 2 is 1.75 bits per heavy atom. The van der Waals surface area contributed by atoms with Gasteiger partial charge >= 0.3 is 18.6 Å². The second-order valence-corrected chi connectivity index (χ2v) is 5.49. The van der Waals surface area contributed by atoms with Crippen LogP contribution in [0.5, 0.6) is 11.5 Å². The molecule has 0 spiro atoms. The Hall–Kier alpha value is -3.75. The third-order valence-corrected chi connectivity index (χ3v) is 3.49. The molecule has 9 heteroatoms. The molecule has 1 N–H and O–H groups in total. The number of ether oxygens (including phenoxy) is 3. The number of aliphatic imine (C=N–C) groups is 1. The van der Waals surface area contributed by atoms with Crippen LogP contribution in [-0.4, -0.2) is 36.2 Å². The van der Waals surface area contributed by atoms with Crippen LogP contribution in [-0.2, 0) is 14.3 Å². The van der Waals surface area contributed by atoms with Crippen molar-refractivity contribution in [3.63, 3.8) is 0 Å². The van der Waals surface area contributed by atoms with Crippen molar-refractivity contribution in [3.05, 3.63) is 65.4 Å². The number of carbonyl (C=O) groups excluding carboxylic acids is 1. The standard InChI is InChI=1S/C19H13F2NO6/c20-19(21)27-14-7-3-12(4-8-14)17-22-15(18(25)28-17)9-11-1-5-13(6-2-11)26-10-16(23)24/h1-9,19H,10H2,(H,23,24). The number of aliphatic carboxylic acids is 1. The molecule has 1 aliphatic rings. The van der Waals surface area contributed by atoms with Crippen LogP contribution >= 0.6 is 0 Å². The van der Waals surface area contributed by atoms with E-state index in [0.29, 0.717) is 16.9 Å². The highest BCUT2D eigenvalue weighted by molar-refractivity contribution is 6.12. The SMILES string of the molecule is O=C(O)COc1ccc(C=C2N=C(c3ccc(OC(F)F)cc3)OC2=O)cc1. The molecule has 0 unspecified atom stereocenters. The number of esters is 1. The monoisotopic (exact) mass is 389 g/mol. The summed E-state index contributed by atoms with van der Waals surface area (Å²) in [6, 6.07) is 11.9. The zero-order valence-electron chi connectivity index (χ0n) is 14.2. The zero-order valence-corrected chi connectivity index (χ0v) is 14.2. The van der Waals surface area contributed by atoms with E-state index in [1.807, 2.05) is 0 Å². The minimum Gasteiger partial charge on any atom is -0.482 e. The maximum atomic E-state index is 12.2. The highest BCUT2D eigenvalue weighted by Gasteiger charge is 2.24. The predicted octanol–water partition coefficient (Wildman–Crippen LogP) is 3.10. The number of alkyl halides is 2. The van der Waals surface area contributed by atoms with Crippen LogP contribution in [0.1, 0.15) is 11.1 Å². The smallest absolute Gasteiger partial charge is 0.387 e. The van der Waals surface area contributed by atoms with E-state index in [4.69, 9.17) is 14.6 Å². The Labute approximate surface area is 157 Å². The van der Waals surface area contributed by atoms with E-state index < -0.39 is 25.2 Å². The van der Waals surface area contributed by atoms with Crippen LogP contribution in [0.3, 0.4) is 0 Å². The molecule has 28 heavy (non-hydrogen) atoms. The summed E-state index contributed by atoms with van der Waals surface area (Å²) >= 11 is 0. The molecule has 0 aliphatic carbocycles. The van der Waals surface area contributed by atoms with Crippen molar-refractivity contribution in [1.82, 2.24) is 0 Å². The summed E-state index contributed by atoms with van der Waals surface area (Å²) in [4.78, 5) is 26.6. The summed E-state index contributed by atoms with van der Waals surface area (Å²) < 4.78 is 38.7. The molecule has 0 fully saturated rings. The van der Waals surface area contributed by atoms with E-state index in [0.717, 1.165) is 0 Å². The van der Waals surface area contributed by atoms with E-state index in [1.165, 1.54) is 30.3 Å². The van der Waals surface area contributed by atoms with Crippen molar-refractivity contribution in [3.8, 4) is 11.5 Å². The van der Waals surface area contributed by atoms with E-state index in [2.05, 4.69) is 9.73 Å². The van der Waals surface area contributed by atoms with Crippen molar-refractivity contribution in [2.45, 2.75) is 6.61 Å². The van der Waals surface area contributed by atoms with Gasteiger partial charge in [0.2, 0.25) is 5.90 Å². The first-order valence-corrected chi connectivity index (χ1v) is 7.93. The molecule has 2 aromatic carbocycles. The largest absolute Gasteiger partial charge is 0.482 e. The van der Waals surface area contributed by atoms with Gasteiger partial charge in [-0.1, -0.05) is 12.1 Å². The van der Waals surface area contributed by atoms with Crippen LogP contribution < -0.4 is 9.47 Å².